The topological polar surface area (TPSA) is 55.6 Å². The molecule has 0 amide bonds. The molecule has 0 unspecified atom stereocenters. The number of aryl methyl sites for hydroxylation is 1. The van der Waals surface area contributed by atoms with Gasteiger partial charge in [0.1, 0.15) is 6.33 Å². The van der Waals surface area contributed by atoms with Crippen molar-refractivity contribution >= 4 is 5.69 Å². The molecule has 22 heavy (non-hydrogen) atoms. The molecule has 0 spiro atoms. The van der Waals surface area contributed by atoms with Gasteiger partial charge >= 0.3 is 0 Å². The van der Waals surface area contributed by atoms with E-state index in [1.807, 2.05) is 13.1 Å². The second kappa shape index (κ2) is 5.98. The third kappa shape index (κ3) is 3.23. The number of nitrogens with zero attached hydrogens (tertiary/aromatic N) is 4. The first-order valence-electron chi connectivity index (χ1n) is 7.18. The van der Waals surface area contributed by atoms with E-state index in [-0.39, 0.29) is 13.0 Å². The summed E-state index contributed by atoms with van der Waals surface area (Å²) in [6.45, 7) is 4.77. The molecule has 7 heteroatoms. The summed E-state index contributed by atoms with van der Waals surface area (Å²) in [5.74, 6) is -2.05. The fourth-order valence-corrected chi connectivity index (χ4v) is 2.13. The first-order valence-corrected chi connectivity index (χ1v) is 7.18. The molecule has 0 aliphatic rings. The second-order valence-electron chi connectivity index (χ2n) is 6.02. The van der Waals surface area contributed by atoms with E-state index in [0.717, 1.165) is 5.56 Å². The molecular weight excluding hydrogens is 288 g/mol. The van der Waals surface area contributed by atoms with Crippen molar-refractivity contribution in [3.8, 4) is 11.4 Å². The second-order valence-corrected chi connectivity index (χ2v) is 6.02. The van der Waals surface area contributed by atoms with Crippen LogP contribution in [0.25, 0.3) is 11.4 Å². The lowest BCUT2D eigenvalue weighted by atomic mass is 9.84. The van der Waals surface area contributed by atoms with E-state index in [4.69, 9.17) is 0 Å². The van der Waals surface area contributed by atoms with Crippen LogP contribution in [0.4, 0.5) is 14.5 Å². The minimum absolute atomic E-state index is 0.151. The zero-order valence-corrected chi connectivity index (χ0v) is 13.3. The molecule has 0 saturated heterocycles. The average Bonchev–Trinajstić information content (AvgIpc) is 2.91. The first kappa shape index (κ1) is 16.3. The maximum Gasteiger partial charge on any atom is 0.254 e. The molecule has 0 atom stereocenters. The van der Waals surface area contributed by atoms with Crippen LogP contribution < -0.4 is 5.32 Å². The largest absolute Gasteiger partial charge is 0.383 e. The van der Waals surface area contributed by atoms with E-state index in [2.05, 4.69) is 20.5 Å². The number of halogens is 2. The highest BCUT2D eigenvalue weighted by atomic mass is 19.3. The molecule has 0 aliphatic carbocycles. The van der Waals surface area contributed by atoms with Crippen molar-refractivity contribution in [3.63, 3.8) is 0 Å². The fourth-order valence-electron chi connectivity index (χ4n) is 2.13. The predicted molar refractivity (Wildman–Crippen MR) is 81.7 cm³/mol. The van der Waals surface area contributed by atoms with E-state index < -0.39 is 11.3 Å². The number of aromatic nitrogens is 4. The van der Waals surface area contributed by atoms with E-state index in [1.165, 1.54) is 6.92 Å². The third-order valence-corrected chi connectivity index (χ3v) is 3.88. The standard InChI is InChI=1S/C15H21F2N5/c1-5-15(16,17)14(2,3)9-19-12-6-11(7-18-8-12)13-21-20-10-22(13)4/h6-8,10,19H,5,9H2,1-4H3. The Morgan fingerprint density at radius 2 is 2.00 bits per heavy atom. The molecule has 0 saturated carbocycles. The van der Waals surface area contributed by atoms with Gasteiger partial charge in [-0.15, -0.1) is 10.2 Å². The van der Waals surface area contributed by atoms with Crippen molar-refractivity contribution in [2.45, 2.75) is 33.1 Å². The molecule has 2 heterocycles. The van der Waals surface area contributed by atoms with Crippen LogP contribution in [0, 0.1) is 5.41 Å². The Kier molecular flexibility index (Phi) is 4.44. The van der Waals surface area contributed by atoms with Crippen LogP contribution in [0.5, 0.6) is 0 Å². The summed E-state index contributed by atoms with van der Waals surface area (Å²) in [6.07, 6.45) is 4.69. The lowest BCUT2D eigenvalue weighted by Gasteiger charge is -2.33. The van der Waals surface area contributed by atoms with Gasteiger partial charge in [-0.05, 0) is 6.07 Å². The van der Waals surface area contributed by atoms with Gasteiger partial charge in [0.05, 0.1) is 5.69 Å². The lowest BCUT2D eigenvalue weighted by molar-refractivity contribution is -0.101. The zero-order chi connectivity index (χ0) is 16.4. The molecule has 0 radical (unpaired) electrons. The molecule has 1 N–H and O–H groups in total. The highest BCUT2D eigenvalue weighted by Gasteiger charge is 2.44. The maximum atomic E-state index is 13.9. The number of rotatable bonds is 6. The number of alkyl halides is 2. The normalized spacial score (nSPS) is 12.5. The van der Waals surface area contributed by atoms with Gasteiger partial charge in [0.25, 0.3) is 5.92 Å². The van der Waals surface area contributed by atoms with Gasteiger partial charge in [-0.25, -0.2) is 8.78 Å². The van der Waals surface area contributed by atoms with Gasteiger partial charge in [0.15, 0.2) is 5.82 Å². The van der Waals surface area contributed by atoms with Crippen LogP contribution in [0.3, 0.4) is 0 Å². The summed E-state index contributed by atoms with van der Waals surface area (Å²) in [4.78, 5) is 4.13. The molecule has 0 aromatic carbocycles. The smallest absolute Gasteiger partial charge is 0.254 e. The van der Waals surface area contributed by atoms with Crippen molar-refractivity contribution in [1.82, 2.24) is 19.7 Å². The Labute approximate surface area is 128 Å². The lowest BCUT2D eigenvalue weighted by Crippen LogP contribution is -2.41. The number of nitrogens with one attached hydrogen (secondary N) is 1. The highest BCUT2D eigenvalue weighted by molar-refractivity contribution is 5.60. The Balaban J connectivity index is 2.14. The molecule has 0 fully saturated rings. The minimum Gasteiger partial charge on any atom is -0.383 e. The van der Waals surface area contributed by atoms with Crippen LogP contribution in [0.1, 0.15) is 27.2 Å². The van der Waals surface area contributed by atoms with Crippen LogP contribution in [-0.4, -0.2) is 32.2 Å². The molecule has 120 valence electrons. The van der Waals surface area contributed by atoms with Crippen molar-refractivity contribution in [2.24, 2.45) is 12.5 Å². The fraction of sp³-hybridized carbons (Fsp3) is 0.533. The Morgan fingerprint density at radius 3 is 2.59 bits per heavy atom. The third-order valence-electron chi connectivity index (χ3n) is 3.88. The van der Waals surface area contributed by atoms with Crippen molar-refractivity contribution in [2.75, 3.05) is 11.9 Å². The van der Waals surface area contributed by atoms with Crippen molar-refractivity contribution in [1.29, 1.82) is 0 Å². The van der Waals surface area contributed by atoms with E-state index in [1.54, 1.807) is 37.1 Å². The van der Waals surface area contributed by atoms with Crippen LogP contribution in [0.15, 0.2) is 24.8 Å². The molecule has 2 aromatic heterocycles. The average molecular weight is 309 g/mol. The zero-order valence-electron chi connectivity index (χ0n) is 13.3. The number of hydrogen-bond acceptors (Lipinski definition) is 4. The Morgan fingerprint density at radius 1 is 1.27 bits per heavy atom. The summed E-state index contributed by atoms with van der Waals surface area (Å²) >= 11 is 0. The summed E-state index contributed by atoms with van der Waals surface area (Å²) in [5.41, 5.74) is 0.313. The monoisotopic (exact) mass is 309 g/mol. The first-order chi connectivity index (χ1) is 10.3. The molecule has 5 nitrogen and oxygen atoms in total. The quantitative estimate of drug-likeness (QED) is 0.889. The number of pyridine rings is 1. The van der Waals surface area contributed by atoms with Crippen LogP contribution in [-0.2, 0) is 7.05 Å². The highest BCUT2D eigenvalue weighted by Crippen LogP contribution is 2.38. The Hall–Kier alpha value is -2.05. The molecule has 2 rings (SSSR count). The maximum absolute atomic E-state index is 13.9. The molecular formula is C15H21F2N5. The van der Waals surface area contributed by atoms with Crippen molar-refractivity contribution < 1.29 is 8.78 Å². The number of hydrogen-bond donors (Lipinski definition) is 1. The predicted octanol–water partition coefficient (Wildman–Crippen LogP) is 3.36. The molecule has 2 aromatic rings. The molecule has 0 aliphatic heterocycles. The van der Waals surface area contributed by atoms with Gasteiger partial charge in [-0.3, -0.25) is 4.98 Å². The van der Waals surface area contributed by atoms with Gasteiger partial charge in [-0.2, -0.15) is 0 Å². The summed E-state index contributed by atoms with van der Waals surface area (Å²) in [5, 5.41) is 10.9. The van der Waals surface area contributed by atoms with Crippen LogP contribution >= 0.6 is 0 Å². The van der Waals surface area contributed by atoms with Gasteiger partial charge < -0.3 is 9.88 Å². The van der Waals surface area contributed by atoms with Gasteiger partial charge in [0.2, 0.25) is 0 Å². The summed E-state index contributed by atoms with van der Waals surface area (Å²) in [6, 6.07) is 1.83. The molecule has 0 bridgehead atoms. The van der Waals surface area contributed by atoms with E-state index >= 15 is 0 Å². The van der Waals surface area contributed by atoms with Gasteiger partial charge in [-0.1, -0.05) is 20.8 Å². The minimum atomic E-state index is -2.73. The SMILES string of the molecule is CCC(F)(F)C(C)(C)CNc1cncc(-c2nncn2C)c1. The van der Waals surface area contributed by atoms with E-state index in [9.17, 15) is 8.78 Å². The number of anilines is 1. The van der Waals surface area contributed by atoms with Crippen LogP contribution in [0.2, 0.25) is 0 Å². The Bertz CT molecular complexity index is 636. The van der Waals surface area contributed by atoms with E-state index in [0.29, 0.717) is 11.5 Å². The summed E-state index contributed by atoms with van der Waals surface area (Å²) < 4.78 is 29.6. The summed E-state index contributed by atoms with van der Waals surface area (Å²) in [7, 11) is 1.83. The van der Waals surface area contributed by atoms with Crippen molar-refractivity contribution in [3.05, 3.63) is 24.8 Å². The van der Waals surface area contributed by atoms with Gasteiger partial charge in [0, 0.05) is 43.4 Å².